The van der Waals surface area contributed by atoms with Crippen LogP contribution in [0, 0.1) is 17.8 Å². The number of ether oxygens (including phenoxy) is 2. The molecule has 1 aliphatic carbocycles. The van der Waals surface area contributed by atoms with Crippen LogP contribution in [0.25, 0.3) is 0 Å². The van der Waals surface area contributed by atoms with Crippen LogP contribution in [-0.2, 0) is 0 Å². The van der Waals surface area contributed by atoms with E-state index in [4.69, 9.17) is 9.47 Å². The zero-order chi connectivity index (χ0) is 15.4. The molecule has 5 nitrogen and oxygen atoms in total. The molecule has 1 aromatic carbocycles. The molecule has 2 unspecified atom stereocenters. The average Bonchev–Trinajstić information content (AvgIpc) is 2.57. The van der Waals surface area contributed by atoms with Gasteiger partial charge in [0.25, 0.3) is 5.91 Å². The van der Waals surface area contributed by atoms with Gasteiger partial charge in [0.1, 0.15) is 13.2 Å². The Kier molecular flexibility index (Phi) is 4.09. The molecule has 3 saturated heterocycles. The molecule has 2 atom stereocenters. The van der Waals surface area contributed by atoms with Gasteiger partial charge in [-0.05, 0) is 48.8 Å². The Bertz CT molecular complexity index is 623. The Labute approximate surface area is 148 Å². The maximum atomic E-state index is 12.7. The van der Waals surface area contributed by atoms with Crippen molar-refractivity contribution < 1.29 is 14.3 Å². The van der Waals surface area contributed by atoms with Crippen molar-refractivity contribution in [2.75, 3.05) is 32.8 Å². The summed E-state index contributed by atoms with van der Waals surface area (Å²) in [4.78, 5) is 15.3. The lowest BCUT2D eigenvalue weighted by Gasteiger charge is -2.55. The van der Waals surface area contributed by atoms with Crippen molar-refractivity contribution in [1.29, 1.82) is 0 Å². The minimum absolute atomic E-state index is 0. The molecule has 1 N–H and O–H groups in total. The molecule has 1 amide bonds. The van der Waals surface area contributed by atoms with E-state index in [0.717, 1.165) is 24.8 Å². The van der Waals surface area contributed by atoms with Crippen LogP contribution in [0.1, 0.15) is 23.2 Å². The second-order valence-corrected chi connectivity index (χ2v) is 7.43. The summed E-state index contributed by atoms with van der Waals surface area (Å²) in [6.45, 7) is 4.69. The lowest BCUT2D eigenvalue weighted by Crippen LogP contribution is -2.64. The van der Waals surface area contributed by atoms with Gasteiger partial charge in [-0.25, -0.2) is 0 Å². The Morgan fingerprint density at radius 3 is 2.46 bits per heavy atom. The van der Waals surface area contributed by atoms with Crippen LogP contribution >= 0.6 is 12.4 Å². The predicted molar refractivity (Wildman–Crippen MR) is 92.1 cm³/mol. The molecule has 1 aromatic rings. The SMILES string of the molecule is Cl.O=C(NC1C2CC3CC1CN(C3)C2)c1ccc2c(c1)OCCO2. The van der Waals surface area contributed by atoms with E-state index in [1.807, 2.05) is 18.2 Å². The maximum absolute atomic E-state index is 12.7. The molecular formula is C18H23ClN2O3. The number of nitrogens with zero attached hydrogens (tertiary/aromatic N) is 1. The first-order chi connectivity index (χ1) is 11.3. The van der Waals surface area contributed by atoms with E-state index >= 15 is 0 Å². The van der Waals surface area contributed by atoms with Crippen molar-refractivity contribution in [3.8, 4) is 11.5 Å². The molecule has 6 rings (SSSR count). The van der Waals surface area contributed by atoms with Crippen LogP contribution in [0.2, 0.25) is 0 Å². The molecule has 5 aliphatic rings. The monoisotopic (exact) mass is 350 g/mol. The van der Waals surface area contributed by atoms with Gasteiger partial charge in [0, 0.05) is 31.2 Å². The van der Waals surface area contributed by atoms with Gasteiger partial charge in [-0.2, -0.15) is 0 Å². The second kappa shape index (κ2) is 6.12. The number of carbonyl (C=O) groups excluding carboxylic acids is 1. The van der Waals surface area contributed by atoms with E-state index in [9.17, 15) is 4.79 Å². The largest absolute Gasteiger partial charge is 0.486 e. The number of carbonyl (C=O) groups is 1. The Balaban J connectivity index is 0.00000146. The van der Waals surface area contributed by atoms with Gasteiger partial charge in [0.15, 0.2) is 11.5 Å². The smallest absolute Gasteiger partial charge is 0.251 e. The minimum atomic E-state index is 0. The van der Waals surface area contributed by atoms with Crippen LogP contribution in [0.5, 0.6) is 11.5 Å². The molecule has 4 heterocycles. The summed E-state index contributed by atoms with van der Waals surface area (Å²) in [7, 11) is 0. The first-order valence-electron chi connectivity index (χ1n) is 8.69. The number of benzene rings is 1. The molecule has 4 aliphatic heterocycles. The number of piperidine rings is 3. The summed E-state index contributed by atoms with van der Waals surface area (Å²) >= 11 is 0. The highest BCUT2D eigenvalue weighted by molar-refractivity contribution is 5.95. The fourth-order valence-corrected chi connectivity index (χ4v) is 5.06. The minimum Gasteiger partial charge on any atom is -0.486 e. The standard InChI is InChI=1S/C18H22N2O3.ClH/c21-18(12-1-2-15-16(7-12)23-4-3-22-15)19-17-13-5-11-6-14(17)10-20(8-11)9-13;/h1-2,7,11,13-14,17H,3-6,8-10H2,(H,19,21);1H. The van der Waals surface area contributed by atoms with Gasteiger partial charge in [-0.1, -0.05) is 0 Å². The quantitative estimate of drug-likeness (QED) is 0.885. The summed E-state index contributed by atoms with van der Waals surface area (Å²) in [5, 5.41) is 3.32. The van der Waals surface area contributed by atoms with Crippen molar-refractivity contribution in [1.82, 2.24) is 10.2 Å². The van der Waals surface area contributed by atoms with Gasteiger partial charge in [0.05, 0.1) is 0 Å². The highest BCUT2D eigenvalue weighted by Gasteiger charge is 2.47. The third-order valence-corrected chi connectivity index (χ3v) is 5.89. The summed E-state index contributed by atoms with van der Waals surface area (Å²) < 4.78 is 11.1. The number of halogens is 1. The Hall–Kier alpha value is -1.46. The van der Waals surface area contributed by atoms with Gasteiger partial charge in [-0.3, -0.25) is 4.79 Å². The molecule has 4 fully saturated rings. The van der Waals surface area contributed by atoms with E-state index in [0.29, 0.717) is 42.4 Å². The van der Waals surface area contributed by atoms with Crippen LogP contribution in [0.4, 0.5) is 0 Å². The van der Waals surface area contributed by atoms with E-state index in [2.05, 4.69) is 10.2 Å². The number of hydrogen-bond donors (Lipinski definition) is 1. The third kappa shape index (κ3) is 2.64. The first-order valence-corrected chi connectivity index (χ1v) is 8.69. The van der Waals surface area contributed by atoms with Crippen molar-refractivity contribution in [3.05, 3.63) is 23.8 Å². The molecule has 6 heteroatoms. The molecular weight excluding hydrogens is 328 g/mol. The zero-order valence-electron chi connectivity index (χ0n) is 13.6. The number of rotatable bonds is 2. The fraction of sp³-hybridized carbons (Fsp3) is 0.611. The van der Waals surface area contributed by atoms with Gasteiger partial charge in [-0.15, -0.1) is 12.4 Å². The second-order valence-electron chi connectivity index (χ2n) is 7.43. The molecule has 0 aromatic heterocycles. The summed E-state index contributed by atoms with van der Waals surface area (Å²) in [6, 6.07) is 5.82. The van der Waals surface area contributed by atoms with Crippen molar-refractivity contribution in [2.24, 2.45) is 17.8 Å². The Morgan fingerprint density at radius 2 is 1.75 bits per heavy atom. The van der Waals surface area contributed by atoms with E-state index < -0.39 is 0 Å². The van der Waals surface area contributed by atoms with Crippen LogP contribution in [-0.4, -0.2) is 49.7 Å². The van der Waals surface area contributed by atoms with Gasteiger partial charge < -0.3 is 19.7 Å². The van der Waals surface area contributed by atoms with Crippen LogP contribution in [0.3, 0.4) is 0 Å². The van der Waals surface area contributed by atoms with Crippen molar-refractivity contribution in [3.63, 3.8) is 0 Å². The first kappa shape index (κ1) is 16.0. The van der Waals surface area contributed by atoms with E-state index in [1.165, 1.54) is 19.4 Å². The Morgan fingerprint density at radius 1 is 1.04 bits per heavy atom. The topological polar surface area (TPSA) is 50.8 Å². The third-order valence-electron chi connectivity index (χ3n) is 5.89. The van der Waals surface area contributed by atoms with Crippen LogP contribution < -0.4 is 14.8 Å². The van der Waals surface area contributed by atoms with Crippen molar-refractivity contribution in [2.45, 2.75) is 18.9 Å². The number of nitrogens with one attached hydrogen (secondary N) is 1. The van der Waals surface area contributed by atoms with Gasteiger partial charge >= 0.3 is 0 Å². The number of fused-ring (bicyclic) bond motifs is 1. The molecule has 130 valence electrons. The zero-order valence-corrected chi connectivity index (χ0v) is 14.4. The highest BCUT2D eigenvalue weighted by atomic mass is 35.5. The number of amides is 1. The number of hydrogen-bond acceptors (Lipinski definition) is 4. The molecule has 0 spiro atoms. The van der Waals surface area contributed by atoms with Crippen LogP contribution in [0.15, 0.2) is 18.2 Å². The van der Waals surface area contributed by atoms with E-state index in [1.54, 1.807) is 0 Å². The average molecular weight is 351 g/mol. The lowest BCUT2D eigenvalue weighted by molar-refractivity contribution is -0.0418. The maximum Gasteiger partial charge on any atom is 0.251 e. The molecule has 24 heavy (non-hydrogen) atoms. The highest BCUT2D eigenvalue weighted by Crippen LogP contribution is 2.43. The molecule has 0 radical (unpaired) electrons. The fourth-order valence-electron chi connectivity index (χ4n) is 5.06. The molecule has 4 bridgehead atoms. The van der Waals surface area contributed by atoms with Crippen molar-refractivity contribution >= 4 is 18.3 Å². The van der Waals surface area contributed by atoms with E-state index in [-0.39, 0.29) is 18.3 Å². The summed E-state index contributed by atoms with van der Waals surface area (Å²) in [5.74, 6) is 3.55. The van der Waals surface area contributed by atoms with Gasteiger partial charge in [0.2, 0.25) is 0 Å². The lowest BCUT2D eigenvalue weighted by atomic mass is 9.65. The summed E-state index contributed by atoms with van der Waals surface area (Å²) in [5.41, 5.74) is 0.670. The molecule has 1 saturated carbocycles. The summed E-state index contributed by atoms with van der Waals surface area (Å²) in [6.07, 6.45) is 2.55. The predicted octanol–water partition coefficient (Wildman–Crippen LogP) is 1.95. The normalized spacial score (nSPS) is 35.2.